The van der Waals surface area contributed by atoms with Crippen molar-refractivity contribution in [1.82, 2.24) is 10.7 Å². The van der Waals surface area contributed by atoms with Gasteiger partial charge in [0.25, 0.3) is 0 Å². The zero-order valence-electron chi connectivity index (χ0n) is 12.7. The van der Waals surface area contributed by atoms with Gasteiger partial charge in [0.15, 0.2) is 5.11 Å². The van der Waals surface area contributed by atoms with Gasteiger partial charge in [0.05, 0.1) is 12.3 Å². The molecular weight excluding hydrogens is 312 g/mol. The molecule has 2 N–H and O–H groups in total. The van der Waals surface area contributed by atoms with Gasteiger partial charge in [-0.3, -0.25) is 5.43 Å². The number of methoxy groups -OCH3 is 1. The lowest BCUT2D eigenvalue weighted by Crippen LogP contribution is -2.34. The number of alkyl halides is 2. The number of hydrazone groups is 1. The van der Waals surface area contributed by atoms with Crippen molar-refractivity contribution in [3.05, 3.63) is 29.3 Å². The standard InChI is InChI=1S/C14H19F2N3O2S/c1-9-4-5-12(21-13(15)16)11(8-9)10(2)18-19-14(22)17-6-7-20-3/h4-5,8,13H,6-7H2,1-3H3,(H2,17,19,22)/b18-10-. The summed E-state index contributed by atoms with van der Waals surface area (Å²) in [6.07, 6.45) is 0. The largest absolute Gasteiger partial charge is 0.434 e. The van der Waals surface area contributed by atoms with E-state index in [9.17, 15) is 8.78 Å². The van der Waals surface area contributed by atoms with Crippen molar-refractivity contribution < 1.29 is 18.3 Å². The summed E-state index contributed by atoms with van der Waals surface area (Å²) < 4.78 is 34.2. The molecule has 0 spiro atoms. The van der Waals surface area contributed by atoms with Crippen LogP contribution in [0.25, 0.3) is 0 Å². The maximum absolute atomic E-state index is 12.4. The first-order valence-corrected chi connectivity index (χ1v) is 6.97. The molecule has 0 aliphatic rings. The van der Waals surface area contributed by atoms with E-state index in [4.69, 9.17) is 17.0 Å². The fourth-order valence-electron chi connectivity index (χ4n) is 1.63. The number of hydrogen-bond acceptors (Lipinski definition) is 4. The number of halogens is 2. The van der Waals surface area contributed by atoms with Crippen LogP contribution in [0.2, 0.25) is 0 Å². The molecule has 122 valence electrons. The van der Waals surface area contributed by atoms with Crippen molar-refractivity contribution in [3.63, 3.8) is 0 Å². The molecule has 0 amide bonds. The second-order valence-corrected chi connectivity index (χ2v) is 4.84. The van der Waals surface area contributed by atoms with E-state index in [1.165, 1.54) is 6.07 Å². The van der Waals surface area contributed by atoms with Crippen molar-refractivity contribution in [2.75, 3.05) is 20.3 Å². The lowest BCUT2D eigenvalue weighted by molar-refractivity contribution is -0.0499. The molecule has 0 bridgehead atoms. The number of benzene rings is 1. The molecule has 1 aromatic carbocycles. The molecule has 1 aromatic rings. The predicted molar refractivity (Wildman–Crippen MR) is 85.6 cm³/mol. The number of hydrogen-bond donors (Lipinski definition) is 2. The van der Waals surface area contributed by atoms with Gasteiger partial charge in [-0.2, -0.15) is 13.9 Å². The van der Waals surface area contributed by atoms with Gasteiger partial charge >= 0.3 is 6.61 Å². The van der Waals surface area contributed by atoms with E-state index < -0.39 is 6.61 Å². The topological polar surface area (TPSA) is 54.9 Å². The highest BCUT2D eigenvalue weighted by molar-refractivity contribution is 7.80. The molecular formula is C14H19F2N3O2S. The number of rotatable bonds is 7. The highest BCUT2D eigenvalue weighted by atomic mass is 32.1. The Bertz CT molecular complexity index is 539. The third-order valence-corrected chi connectivity index (χ3v) is 2.89. The number of thiocarbonyl (C=S) groups is 1. The van der Waals surface area contributed by atoms with Crippen LogP contribution in [-0.2, 0) is 4.74 Å². The maximum atomic E-state index is 12.4. The second kappa shape index (κ2) is 9.26. The zero-order chi connectivity index (χ0) is 16.5. The minimum atomic E-state index is -2.89. The molecule has 8 heteroatoms. The Labute approximate surface area is 133 Å². The first-order valence-electron chi connectivity index (χ1n) is 6.57. The molecule has 0 heterocycles. The molecule has 0 saturated carbocycles. The summed E-state index contributed by atoms with van der Waals surface area (Å²) in [6.45, 7) is 1.69. The van der Waals surface area contributed by atoms with Crippen LogP contribution < -0.4 is 15.5 Å². The zero-order valence-corrected chi connectivity index (χ0v) is 13.5. The summed E-state index contributed by atoms with van der Waals surface area (Å²) in [5, 5.41) is 7.28. The molecule has 0 atom stereocenters. The van der Waals surface area contributed by atoms with Crippen molar-refractivity contribution in [3.8, 4) is 5.75 Å². The van der Waals surface area contributed by atoms with Gasteiger partial charge in [0, 0.05) is 19.2 Å². The van der Waals surface area contributed by atoms with Gasteiger partial charge < -0.3 is 14.8 Å². The summed E-state index contributed by atoms with van der Waals surface area (Å²) in [5.74, 6) is 0.0712. The van der Waals surface area contributed by atoms with Crippen LogP contribution in [0.5, 0.6) is 5.75 Å². The van der Waals surface area contributed by atoms with Gasteiger partial charge in [0.1, 0.15) is 5.75 Å². The van der Waals surface area contributed by atoms with E-state index in [0.717, 1.165) is 5.56 Å². The molecule has 22 heavy (non-hydrogen) atoms. The van der Waals surface area contributed by atoms with E-state index in [1.807, 2.05) is 6.92 Å². The van der Waals surface area contributed by atoms with E-state index in [2.05, 4.69) is 20.6 Å². The minimum absolute atomic E-state index is 0.0712. The highest BCUT2D eigenvalue weighted by Crippen LogP contribution is 2.22. The van der Waals surface area contributed by atoms with Gasteiger partial charge in [-0.15, -0.1) is 0 Å². The Morgan fingerprint density at radius 2 is 2.14 bits per heavy atom. The average Bonchev–Trinajstić information content (AvgIpc) is 2.46. The van der Waals surface area contributed by atoms with Crippen LogP contribution in [0.3, 0.4) is 0 Å². The number of nitrogens with one attached hydrogen (secondary N) is 2. The Morgan fingerprint density at radius 1 is 1.41 bits per heavy atom. The molecule has 0 unspecified atom stereocenters. The normalized spacial score (nSPS) is 11.5. The van der Waals surface area contributed by atoms with Crippen LogP contribution in [0.1, 0.15) is 18.1 Å². The SMILES string of the molecule is COCCNC(=S)N/N=C(/C)c1cc(C)ccc1OC(F)F. The summed E-state index contributed by atoms with van der Waals surface area (Å²) in [5.41, 5.74) is 4.52. The molecule has 0 aromatic heterocycles. The van der Waals surface area contributed by atoms with Crippen LogP contribution in [0.15, 0.2) is 23.3 Å². The van der Waals surface area contributed by atoms with Crippen molar-refractivity contribution in [2.45, 2.75) is 20.5 Å². The molecule has 0 aliphatic carbocycles. The Balaban J connectivity index is 2.78. The Morgan fingerprint density at radius 3 is 2.77 bits per heavy atom. The van der Waals surface area contributed by atoms with Crippen molar-refractivity contribution in [1.29, 1.82) is 0 Å². The summed E-state index contributed by atoms with van der Waals surface area (Å²) >= 11 is 5.03. The molecule has 1 rings (SSSR count). The van der Waals surface area contributed by atoms with Crippen LogP contribution in [0, 0.1) is 6.92 Å². The molecule has 0 aliphatic heterocycles. The lowest BCUT2D eigenvalue weighted by Gasteiger charge is -2.12. The summed E-state index contributed by atoms with van der Waals surface area (Å²) in [4.78, 5) is 0. The first-order chi connectivity index (χ1) is 10.4. The molecule has 0 saturated heterocycles. The average molecular weight is 331 g/mol. The van der Waals surface area contributed by atoms with E-state index in [-0.39, 0.29) is 5.75 Å². The number of aryl methyl sites for hydroxylation is 1. The fraction of sp³-hybridized carbons (Fsp3) is 0.429. The third kappa shape index (κ3) is 6.31. The first kappa shape index (κ1) is 18.2. The number of ether oxygens (including phenoxy) is 2. The monoisotopic (exact) mass is 331 g/mol. The Hall–Kier alpha value is -1.80. The van der Waals surface area contributed by atoms with Crippen LogP contribution >= 0.6 is 12.2 Å². The smallest absolute Gasteiger partial charge is 0.387 e. The molecule has 5 nitrogen and oxygen atoms in total. The second-order valence-electron chi connectivity index (χ2n) is 4.44. The van der Waals surface area contributed by atoms with Crippen LogP contribution in [0.4, 0.5) is 8.78 Å². The van der Waals surface area contributed by atoms with E-state index >= 15 is 0 Å². The highest BCUT2D eigenvalue weighted by Gasteiger charge is 2.12. The van der Waals surface area contributed by atoms with Gasteiger partial charge in [-0.05, 0) is 38.2 Å². The maximum Gasteiger partial charge on any atom is 0.387 e. The van der Waals surface area contributed by atoms with E-state index in [0.29, 0.717) is 29.5 Å². The molecule has 0 radical (unpaired) electrons. The molecule has 0 fully saturated rings. The minimum Gasteiger partial charge on any atom is -0.434 e. The third-order valence-electron chi connectivity index (χ3n) is 2.66. The summed E-state index contributed by atoms with van der Waals surface area (Å²) in [7, 11) is 1.59. The Kier molecular flexibility index (Phi) is 7.69. The lowest BCUT2D eigenvalue weighted by atomic mass is 10.1. The van der Waals surface area contributed by atoms with Crippen molar-refractivity contribution in [2.24, 2.45) is 5.10 Å². The van der Waals surface area contributed by atoms with Crippen molar-refractivity contribution >= 4 is 23.0 Å². The number of nitrogens with zero attached hydrogens (tertiary/aromatic N) is 1. The van der Waals surface area contributed by atoms with Gasteiger partial charge in [-0.25, -0.2) is 0 Å². The van der Waals surface area contributed by atoms with E-state index in [1.54, 1.807) is 26.2 Å². The fourth-order valence-corrected chi connectivity index (χ4v) is 1.77. The van der Waals surface area contributed by atoms with Gasteiger partial charge in [-0.1, -0.05) is 11.6 Å². The predicted octanol–water partition coefficient (Wildman–Crippen LogP) is 2.43. The quantitative estimate of drug-likeness (QED) is 0.348. The summed E-state index contributed by atoms with van der Waals surface area (Å²) in [6, 6.07) is 4.91. The van der Waals surface area contributed by atoms with Crippen LogP contribution in [-0.4, -0.2) is 37.7 Å². The van der Waals surface area contributed by atoms with Gasteiger partial charge in [0.2, 0.25) is 0 Å².